The lowest BCUT2D eigenvalue weighted by Crippen LogP contribution is -2.50. The Morgan fingerprint density at radius 2 is 1.85 bits per heavy atom. The Labute approximate surface area is 120 Å². The molecule has 1 aromatic carbocycles. The molecule has 1 amide bonds. The van der Waals surface area contributed by atoms with E-state index >= 15 is 0 Å². The van der Waals surface area contributed by atoms with Gasteiger partial charge in [0.05, 0.1) is 12.6 Å². The van der Waals surface area contributed by atoms with E-state index in [2.05, 4.69) is 5.32 Å². The smallest absolute Gasteiger partial charge is 0.408 e. The molecule has 1 unspecified atom stereocenters. The predicted octanol–water partition coefficient (Wildman–Crippen LogP) is 2.39. The molecule has 0 bridgehead atoms. The molecule has 0 aliphatic rings. The van der Waals surface area contributed by atoms with Crippen molar-refractivity contribution in [1.29, 1.82) is 0 Å². The molecule has 0 saturated carbocycles. The maximum Gasteiger partial charge on any atom is 0.408 e. The van der Waals surface area contributed by atoms with Crippen LogP contribution in [0.25, 0.3) is 0 Å². The number of hydrogen-bond donors (Lipinski definition) is 2. The number of hydrogen-bond acceptors (Lipinski definition) is 4. The highest BCUT2D eigenvalue weighted by Crippen LogP contribution is 2.29. The lowest BCUT2D eigenvalue weighted by atomic mass is 9.91. The van der Waals surface area contributed by atoms with Crippen molar-refractivity contribution in [1.82, 2.24) is 5.32 Å². The van der Waals surface area contributed by atoms with Crippen molar-refractivity contribution < 1.29 is 14.3 Å². The van der Waals surface area contributed by atoms with Crippen LogP contribution in [-0.2, 0) is 10.3 Å². The van der Waals surface area contributed by atoms with Gasteiger partial charge < -0.3 is 20.5 Å². The molecule has 0 spiro atoms. The topological polar surface area (TPSA) is 73.6 Å². The number of rotatable bonds is 4. The Morgan fingerprint density at radius 3 is 2.35 bits per heavy atom. The van der Waals surface area contributed by atoms with E-state index in [4.69, 9.17) is 15.2 Å². The van der Waals surface area contributed by atoms with E-state index in [9.17, 15) is 4.79 Å². The van der Waals surface area contributed by atoms with Crippen LogP contribution in [0.1, 0.15) is 33.3 Å². The zero-order chi connectivity index (χ0) is 15.4. The minimum atomic E-state index is -0.755. The molecule has 0 fully saturated rings. The Balaban J connectivity index is 3.00. The first-order valence-corrected chi connectivity index (χ1v) is 6.56. The molecule has 1 rings (SSSR count). The summed E-state index contributed by atoms with van der Waals surface area (Å²) in [6.45, 7) is 7.52. The van der Waals surface area contributed by atoms with E-state index in [1.165, 1.54) is 0 Å². The first-order chi connectivity index (χ1) is 9.22. The molecule has 0 aromatic heterocycles. The summed E-state index contributed by atoms with van der Waals surface area (Å²) >= 11 is 0. The number of nitrogens with two attached hydrogens (primary N) is 1. The summed E-state index contributed by atoms with van der Waals surface area (Å²) in [4.78, 5) is 12.0. The number of amides is 1. The van der Waals surface area contributed by atoms with Crippen LogP contribution in [0, 0.1) is 0 Å². The van der Waals surface area contributed by atoms with Crippen LogP contribution in [0.15, 0.2) is 24.3 Å². The van der Waals surface area contributed by atoms with Gasteiger partial charge in [-0.05, 0) is 33.8 Å². The Morgan fingerprint density at radius 1 is 1.25 bits per heavy atom. The van der Waals surface area contributed by atoms with Crippen molar-refractivity contribution in [3.05, 3.63) is 29.8 Å². The van der Waals surface area contributed by atoms with Gasteiger partial charge >= 0.3 is 6.09 Å². The fourth-order valence-electron chi connectivity index (χ4n) is 1.86. The van der Waals surface area contributed by atoms with Gasteiger partial charge in [-0.3, -0.25) is 0 Å². The molecule has 5 nitrogen and oxygen atoms in total. The largest absolute Gasteiger partial charge is 0.496 e. The third-order valence-corrected chi connectivity index (χ3v) is 2.89. The third kappa shape index (κ3) is 4.13. The van der Waals surface area contributed by atoms with Gasteiger partial charge in [0, 0.05) is 12.1 Å². The normalized spacial score (nSPS) is 14.3. The molecule has 3 N–H and O–H groups in total. The van der Waals surface area contributed by atoms with Crippen molar-refractivity contribution in [2.24, 2.45) is 5.73 Å². The molecule has 0 aliphatic carbocycles. The van der Waals surface area contributed by atoms with E-state index in [-0.39, 0.29) is 6.54 Å². The summed E-state index contributed by atoms with van der Waals surface area (Å²) in [6.07, 6.45) is -0.503. The number of carbonyl (C=O) groups excluding carboxylic acids is 1. The summed E-state index contributed by atoms with van der Waals surface area (Å²) in [6, 6.07) is 7.46. The highest BCUT2D eigenvalue weighted by Gasteiger charge is 2.31. The van der Waals surface area contributed by atoms with E-state index in [0.717, 1.165) is 5.56 Å². The molecule has 5 heteroatoms. The van der Waals surface area contributed by atoms with Gasteiger partial charge in [-0.1, -0.05) is 18.2 Å². The van der Waals surface area contributed by atoms with Gasteiger partial charge in [0.25, 0.3) is 0 Å². The lowest BCUT2D eigenvalue weighted by Gasteiger charge is -2.32. The van der Waals surface area contributed by atoms with Crippen LogP contribution in [0.4, 0.5) is 4.79 Å². The number of benzene rings is 1. The summed E-state index contributed by atoms with van der Waals surface area (Å²) in [5.41, 5.74) is 5.35. The van der Waals surface area contributed by atoms with Crippen molar-refractivity contribution in [3.63, 3.8) is 0 Å². The highest BCUT2D eigenvalue weighted by molar-refractivity contribution is 5.69. The molecule has 112 valence electrons. The molecule has 20 heavy (non-hydrogen) atoms. The van der Waals surface area contributed by atoms with Gasteiger partial charge in [-0.2, -0.15) is 0 Å². The van der Waals surface area contributed by atoms with Gasteiger partial charge in [0.2, 0.25) is 0 Å². The first kappa shape index (κ1) is 16.3. The van der Waals surface area contributed by atoms with E-state index in [1.54, 1.807) is 7.11 Å². The van der Waals surface area contributed by atoms with Crippen molar-refractivity contribution >= 4 is 6.09 Å². The van der Waals surface area contributed by atoms with Gasteiger partial charge in [-0.15, -0.1) is 0 Å². The first-order valence-electron chi connectivity index (χ1n) is 6.56. The monoisotopic (exact) mass is 280 g/mol. The second kappa shape index (κ2) is 6.13. The molecule has 1 aromatic rings. The average molecular weight is 280 g/mol. The minimum Gasteiger partial charge on any atom is -0.496 e. The van der Waals surface area contributed by atoms with Gasteiger partial charge in [0.15, 0.2) is 0 Å². The summed E-state index contributed by atoms with van der Waals surface area (Å²) in [7, 11) is 1.59. The van der Waals surface area contributed by atoms with E-state index < -0.39 is 17.2 Å². The Kier molecular flexibility index (Phi) is 5.00. The predicted molar refractivity (Wildman–Crippen MR) is 78.8 cm³/mol. The van der Waals surface area contributed by atoms with E-state index in [0.29, 0.717) is 5.75 Å². The van der Waals surface area contributed by atoms with Crippen molar-refractivity contribution in [3.8, 4) is 5.75 Å². The third-order valence-electron chi connectivity index (χ3n) is 2.89. The molecule has 0 saturated heterocycles. The second-order valence-corrected chi connectivity index (χ2v) is 5.86. The Hall–Kier alpha value is -1.75. The zero-order valence-corrected chi connectivity index (χ0v) is 12.8. The number of para-hydroxylation sites is 1. The molecule has 1 atom stereocenters. The number of carbonyl (C=O) groups is 1. The average Bonchev–Trinajstić information content (AvgIpc) is 2.36. The van der Waals surface area contributed by atoms with Gasteiger partial charge in [0.1, 0.15) is 11.4 Å². The lowest BCUT2D eigenvalue weighted by molar-refractivity contribution is 0.0464. The number of methoxy groups -OCH3 is 1. The fourth-order valence-corrected chi connectivity index (χ4v) is 1.86. The summed E-state index contributed by atoms with van der Waals surface area (Å²) in [5.74, 6) is 0.677. The van der Waals surface area contributed by atoms with Crippen LogP contribution in [-0.4, -0.2) is 25.3 Å². The SMILES string of the molecule is COc1ccccc1C(C)(CN)NC(=O)OC(C)(C)C. The van der Waals surface area contributed by atoms with Crippen LogP contribution >= 0.6 is 0 Å². The molecule has 0 aliphatic heterocycles. The quantitative estimate of drug-likeness (QED) is 0.888. The van der Waals surface area contributed by atoms with Gasteiger partial charge in [-0.25, -0.2) is 4.79 Å². The molecular weight excluding hydrogens is 256 g/mol. The van der Waals surface area contributed by atoms with Crippen molar-refractivity contribution in [2.75, 3.05) is 13.7 Å². The standard InChI is InChI=1S/C15H24N2O3/c1-14(2,3)20-13(18)17-15(4,10-16)11-8-6-7-9-12(11)19-5/h6-9H,10,16H2,1-5H3,(H,17,18). The maximum absolute atomic E-state index is 12.0. The van der Waals surface area contributed by atoms with Crippen molar-refractivity contribution in [2.45, 2.75) is 38.8 Å². The van der Waals surface area contributed by atoms with Crippen LogP contribution < -0.4 is 15.8 Å². The highest BCUT2D eigenvalue weighted by atomic mass is 16.6. The maximum atomic E-state index is 12.0. The summed E-state index contributed by atoms with van der Waals surface area (Å²) in [5, 5.41) is 2.82. The summed E-state index contributed by atoms with van der Waals surface area (Å²) < 4.78 is 10.6. The molecular formula is C15H24N2O3. The molecule has 0 heterocycles. The van der Waals surface area contributed by atoms with Crippen LogP contribution in [0.3, 0.4) is 0 Å². The fraction of sp³-hybridized carbons (Fsp3) is 0.533. The van der Waals surface area contributed by atoms with Crippen LogP contribution in [0.2, 0.25) is 0 Å². The number of nitrogens with one attached hydrogen (secondary N) is 1. The number of ether oxygens (including phenoxy) is 2. The second-order valence-electron chi connectivity index (χ2n) is 5.86. The minimum absolute atomic E-state index is 0.229. The van der Waals surface area contributed by atoms with E-state index in [1.807, 2.05) is 52.0 Å². The molecule has 0 radical (unpaired) electrons. The number of alkyl carbamates (subject to hydrolysis) is 1. The zero-order valence-electron chi connectivity index (χ0n) is 12.8. The van der Waals surface area contributed by atoms with Crippen LogP contribution in [0.5, 0.6) is 5.75 Å². The Bertz CT molecular complexity index is 468.